The number of nitrogens with one attached hydrogen (secondary N) is 1. The van der Waals surface area contributed by atoms with E-state index in [0.29, 0.717) is 22.9 Å². The predicted octanol–water partition coefficient (Wildman–Crippen LogP) is 1.06. The number of nitrogens with two attached hydrogens (primary N) is 1. The molecular formula is C24H26N6O4S. The summed E-state index contributed by atoms with van der Waals surface area (Å²) in [7, 11) is 0. The Kier molecular flexibility index (Phi) is 6.82. The van der Waals surface area contributed by atoms with Gasteiger partial charge in [0.15, 0.2) is 12.4 Å². The van der Waals surface area contributed by atoms with Gasteiger partial charge >= 0.3 is 0 Å². The van der Waals surface area contributed by atoms with Gasteiger partial charge in [-0.05, 0) is 29.8 Å². The largest absolute Gasteiger partial charge is 0.387 e. The van der Waals surface area contributed by atoms with Gasteiger partial charge in [0.1, 0.15) is 30.4 Å². The molecule has 5 rings (SSSR count). The van der Waals surface area contributed by atoms with Crippen LogP contribution < -0.4 is 11.1 Å². The van der Waals surface area contributed by atoms with Gasteiger partial charge in [-0.3, -0.25) is 9.79 Å². The van der Waals surface area contributed by atoms with E-state index in [0.717, 1.165) is 11.3 Å². The van der Waals surface area contributed by atoms with E-state index in [4.69, 9.17) is 10.5 Å². The minimum atomic E-state index is -1.12. The first-order valence-electron chi connectivity index (χ1n) is 11.2. The molecule has 35 heavy (non-hydrogen) atoms. The van der Waals surface area contributed by atoms with E-state index in [1.54, 1.807) is 29.1 Å². The van der Waals surface area contributed by atoms with Crippen LogP contribution in [-0.2, 0) is 10.5 Å². The van der Waals surface area contributed by atoms with Crippen molar-refractivity contribution in [3.05, 3.63) is 65.7 Å². The standard InChI is InChI=1S/C24H26N6O4S/c25-21-18-22(27-12-26-21)30(13-28-18)24-20(32)19(31)17(34-24)11-35-10-14-5-4-6-15(9-14)23(33)29-16-7-2-1-3-8-16/h1-9,12-13,17-20,22,24,31-32H,10-11H2,(H,29,33)(H2,25,26,27)/t17-,18?,19-,20+,22?,24+/m0/s1. The summed E-state index contributed by atoms with van der Waals surface area (Å²) in [6, 6.07) is 16.3. The first kappa shape index (κ1) is 23.5. The number of amidine groups is 1. The SMILES string of the molecule is NC1=NC=NC2C1N=CN2[C@@H]1O[C@@H](CSCc2cccc(C(=O)Nc3ccccc3)c2)[C@H](O)[C@H]1O. The molecule has 3 heterocycles. The van der Waals surface area contributed by atoms with Gasteiger partial charge in [0.2, 0.25) is 0 Å². The number of hydrogen-bond donors (Lipinski definition) is 4. The number of thioether (sulfide) groups is 1. The Morgan fingerprint density at radius 2 is 1.94 bits per heavy atom. The van der Waals surface area contributed by atoms with Crippen molar-refractivity contribution >= 4 is 41.9 Å². The second-order valence-electron chi connectivity index (χ2n) is 8.47. The molecule has 1 fully saturated rings. The topological polar surface area (TPSA) is 145 Å². The smallest absolute Gasteiger partial charge is 0.255 e. The molecule has 11 heteroatoms. The highest BCUT2D eigenvalue weighted by Crippen LogP contribution is 2.31. The number of fused-ring (bicyclic) bond motifs is 1. The third-order valence-electron chi connectivity index (χ3n) is 6.08. The maximum atomic E-state index is 12.6. The summed E-state index contributed by atoms with van der Waals surface area (Å²) in [6.45, 7) is 0. The Morgan fingerprint density at radius 3 is 2.77 bits per heavy atom. The molecule has 1 amide bonds. The first-order valence-corrected chi connectivity index (χ1v) is 12.4. The number of aliphatic imine (C=N–C) groups is 3. The average molecular weight is 495 g/mol. The van der Waals surface area contributed by atoms with Crippen LogP contribution in [0.25, 0.3) is 0 Å². The zero-order valence-corrected chi connectivity index (χ0v) is 19.5. The Bertz CT molecular complexity index is 1160. The van der Waals surface area contributed by atoms with Crippen LogP contribution in [-0.4, -0.2) is 82.0 Å². The van der Waals surface area contributed by atoms with Crippen molar-refractivity contribution in [3.8, 4) is 0 Å². The van der Waals surface area contributed by atoms with Crippen LogP contribution in [0.2, 0.25) is 0 Å². The van der Waals surface area contributed by atoms with E-state index in [1.807, 2.05) is 48.5 Å². The van der Waals surface area contributed by atoms with E-state index >= 15 is 0 Å². The van der Waals surface area contributed by atoms with Gasteiger partial charge < -0.3 is 30.9 Å². The highest BCUT2D eigenvalue weighted by Gasteiger charge is 2.49. The minimum Gasteiger partial charge on any atom is -0.387 e. The van der Waals surface area contributed by atoms with Gasteiger partial charge in [-0.25, -0.2) is 9.98 Å². The number of para-hydroxylation sites is 1. The number of anilines is 1. The summed E-state index contributed by atoms with van der Waals surface area (Å²) < 4.78 is 6.02. The number of aliphatic hydroxyl groups excluding tert-OH is 2. The van der Waals surface area contributed by atoms with E-state index < -0.39 is 36.7 Å². The van der Waals surface area contributed by atoms with Gasteiger partial charge in [0.25, 0.3) is 5.91 Å². The number of carbonyl (C=O) groups is 1. The molecule has 0 spiro atoms. The van der Waals surface area contributed by atoms with Crippen molar-refractivity contribution < 1.29 is 19.7 Å². The molecule has 182 valence electrons. The molecule has 10 nitrogen and oxygen atoms in total. The molecule has 2 aromatic rings. The van der Waals surface area contributed by atoms with Crippen molar-refractivity contribution in [1.82, 2.24) is 4.90 Å². The summed E-state index contributed by atoms with van der Waals surface area (Å²) in [6.07, 6.45) is -1.07. The van der Waals surface area contributed by atoms with E-state index in [9.17, 15) is 15.0 Å². The maximum Gasteiger partial charge on any atom is 0.255 e. The molecule has 6 atom stereocenters. The lowest BCUT2D eigenvalue weighted by Crippen LogP contribution is -2.51. The molecule has 3 aliphatic heterocycles. The van der Waals surface area contributed by atoms with Crippen molar-refractivity contribution in [2.75, 3.05) is 11.1 Å². The third-order valence-corrected chi connectivity index (χ3v) is 7.18. The molecule has 2 unspecified atom stereocenters. The highest BCUT2D eigenvalue weighted by atomic mass is 32.2. The van der Waals surface area contributed by atoms with Crippen molar-refractivity contribution in [3.63, 3.8) is 0 Å². The second kappa shape index (κ2) is 10.2. The molecule has 0 saturated carbocycles. The van der Waals surface area contributed by atoms with Gasteiger partial charge in [-0.1, -0.05) is 30.3 Å². The zero-order valence-electron chi connectivity index (χ0n) is 18.7. The summed E-state index contributed by atoms with van der Waals surface area (Å²) in [5, 5.41) is 24.1. The van der Waals surface area contributed by atoms with Crippen LogP contribution in [0.15, 0.2) is 69.6 Å². The van der Waals surface area contributed by atoms with Crippen LogP contribution in [0.3, 0.4) is 0 Å². The first-order chi connectivity index (χ1) is 17.0. The third kappa shape index (κ3) is 4.94. The minimum absolute atomic E-state index is 0.176. The van der Waals surface area contributed by atoms with Gasteiger partial charge in [0, 0.05) is 22.8 Å². The second-order valence-corrected chi connectivity index (χ2v) is 9.50. The lowest BCUT2D eigenvalue weighted by molar-refractivity contribution is -0.0630. The van der Waals surface area contributed by atoms with Crippen LogP contribution in [0.1, 0.15) is 15.9 Å². The Morgan fingerprint density at radius 1 is 1.11 bits per heavy atom. The molecule has 0 aromatic heterocycles. The number of amides is 1. The van der Waals surface area contributed by atoms with Gasteiger partial charge in [0.05, 0.1) is 12.4 Å². The molecule has 5 N–H and O–H groups in total. The number of ether oxygens (including phenoxy) is 1. The normalized spacial score (nSPS) is 29.2. The number of aliphatic hydroxyl groups is 2. The fourth-order valence-corrected chi connectivity index (χ4v) is 5.28. The molecule has 1 saturated heterocycles. The Labute approximate surface area is 206 Å². The molecule has 3 aliphatic rings. The van der Waals surface area contributed by atoms with Crippen molar-refractivity contribution in [2.45, 2.75) is 42.5 Å². The van der Waals surface area contributed by atoms with E-state index in [-0.39, 0.29) is 5.91 Å². The number of hydrogen-bond acceptors (Lipinski definition) is 10. The lowest BCUT2D eigenvalue weighted by Gasteiger charge is -2.31. The fourth-order valence-electron chi connectivity index (χ4n) is 4.24. The predicted molar refractivity (Wildman–Crippen MR) is 136 cm³/mol. The molecule has 0 radical (unpaired) electrons. The quantitative estimate of drug-likeness (QED) is 0.450. The Balaban J connectivity index is 1.15. The summed E-state index contributed by atoms with van der Waals surface area (Å²) in [4.78, 5) is 26.8. The Hall–Kier alpha value is -3.25. The van der Waals surface area contributed by atoms with Crippen molar-refractivity contribution in [1.29, 1.82) is 0 Å². The molecular weight excluding hydrogens is 468 g/mol. The number of carbonyl (C=O) groups excluding carboxylic acids is 1. The maximum absolute atomic E-state index is 12.6. The van der Waals surface area contributed by atoms with Crippen LogP contribution in [0.5, 0.6) is 0 Å². The number of rotatable bonds is 7. The van der Waals surface area contributed by atoms with Crippen LogP contribution in [0.4, 0.5) is 5.69 Å². The van der Waals surface area contributed by atoms with E-state index in [1.165, 1.54) is 6.34 Å². The number of benzene rings is 2. The fraction of sp³-hybridized carbons (Fsp3) is 0.333. The monoisotopic (exact) mass is 494 g/mol. The summed E-state index contributed by atoms with van der Waals surface area (Å²) in [5.74, 6) is 1.25. The van der Waals surface area contributed by atoms with Gasteiger partial charge in [-0.2, -0.15) is 11.8 Å². The van der Waals surface area contributed by atoms with Crippen LogP contribution in [0, 0.1) is 0 Å². The summed E-state index contributed by atoms with van der Waals surface area (Å²) >= 11 is 1.55. The highest BCUT2D eigenvalue weighted by molar-refractivity contribution is 7.98. The van der Waals surface area contributed by atoms with Crippen LogP contribution >= 0.6 is 11.8 Å². The van der Waals surface area contributed by atoms with E-state index in [2.05, 4.69) is 20.3 Å². The molecule has 0 bridgehead atoms. The molecule has 0 aliphatic carbocycles. The zero-order chi connectivity index (χ0) is 24.4. The van der Waals surface area contributed by atoms with Crippen molar-refractivity contribution in [2.24, 2.45) is 20.7 Å². The summed E-state index contributed by atoms with van der Waals surface area (Å²) in [5.41, 5.74) is 8.17. The number of nitrogens with zero attached hydrogens (tertiary/aromatic N) is 4. The molecule has 2 aromatic carbocycles. The lowest BCUT2D eigenvalue weighted by atomic mass is 10.1. The van der Waals surface area contributed by atoms with Gasteiger partial charge in [-0.15, -0.1) is 0 Å². The average Bonchev–Trinajstić information content (AvgIpc) is 3.42.